The summed E-state index contributed by atoms with van der Waals surface area (Å²) in [6, 6.07) is 12.8. The number of amides is 1. The number of para-hydroxylation sites is 1. The molecule has 3 aromatic rings. The molecule has 1 amide bonds. The molecule has 0 unspecified atom stereocenters. The third-order valence-electron chi connectivity index (χ3n) is 4.96. The van der Waals surface area contributed by atoms with Crippen LogP contribution in [0.15, 0.2) is 53.1 Å². The van der Waals surface area contributed by atoms with Crippen molar-refractivity contribution in [1.29, 1.82) is 0 Å². The highest BCUT2D eigenvalue weighted by Gasteiger charge is 2.26. The Bertz CT molecular complexity index is 1060. The largest absolute Gasteiger partial charge is 0.455 e. The predicted molar refractivity (Wildman–Crippen MR) is 104 cm³/mol. The number of anilines is 1. The molecule has 0 saturated carbocycles. The Labute approximate surface area is 166 Å². The maximum Gasteiger partial charge on any atom is 0.340 e. The highest BCUT2D eigenvalue weighted by atomic mass is 19.1. The van der Waals surface area contributed by atoms with Crippen LogP contribution in [0, 0.1) is 12.7 Å². The third-order valence-corrected chi connectivity index (χ3v) is 4.96. The molecule has 148 valence electrons. The van der Waals surface area contributed by atoms with Gasteiger partial charge in [-0.05, 0) is 49.7 Å². The molecule has 0 bridgehead atoms. The number of hydrogen-bond acceptors (Lipinski definition) is 5. The highest BCUT2D eigenvalue weighted by molar-refractivity contribution is 6.03. The van der Waals surface area contributed by atoms with Crippen molar-refractivity contribution in [2.24, 2.45) is 0 Å². The Balaban J connectivity index is 1.50. The number of rotatable bonds is 5. The fourth-order valence-corrected chi connectivity index (χ4v) is 3.37. The van der Waals surface area contributed by atoms with Crippen LogP contribution in [-0.4, -0.2) is 23.6 Å². The monoisotopic (exact) mass is 394 g/mol. The molecule has 1 aliphatic heterocycles. The number of carbonyl (C=O) groups is 2. The number of halogens is 1. The molecule has 4 rings (SSSR count). The number of esters is 1. The predicted octanol–water partition coefficient (Wildman–Crippen LogP) is 4.27. The summed E-state index contributed by atoms with van der Waals surface area (Å²) in [5.41, 5.74) is 2.78. The van der Waals surface area contributed by atoms with Crippen molar-refractivity contribution >= 4 is 17.6 Å². The van der Waals surface area contributed by atoms with Crippen LogP contribution in [0.3, 0.4) is 0 Å². The van der Waals surface area contributed by atoms with Crippen molar-refractivity contribution in [3.8, 4) is 11.3 Å². The molecule has 1 fully saturated rings. The lowest BCUT2D eigenvalue weighted by molar-refractivity contribution is -0.117. The first-order valence-electron chi connectivity index (χ1n) is 9.32. The normalized spacial score (nSPS) is 13.7. The van der Waals surface area contributed by atoms with E-state index in [1.54, 1.807) is 48.2 Å². The Hall–Kier alpha value is -3.48. The van der Waals surface area contributed by atoms with Gasteiger partial charge in [-0.25, -0.2) is 9.18 Å². The summed E-state index contributed by atoms with van der Waals surface area (Å²) in [4.78, 5) is 26.3. The zero-order chi connectivity index (χ0) is 20.4. The molecule has 0 aliphatic carbocycles. The minimum Gasteiger partial charge on any atom is -0.455 e. The van der Waals surface area contributed by atoms with Gasteiger partial charge >= 0.3 is 5.97 Å². The van der Waals surface area contributed by atoms with E-state index in [1.807, 2.05) is 0 Å². The zero-order valence-corrected chi connectivity index (χ0v) is 15.9. The molecule has 1 aromatic heterocycles. The standard InChI is InChI=1S/C22H19FN2O4/c1-14-18(24-29-21(14)15-8-10-16(23)11-9-15)13-28-22(27)17-5-2-3-6-19(17)25-12-4-7-20(25)26/h2-3,5-6,8-11H,4,7,12-13H2,1H3. The van der Waals surface area contributed by atoms with Crippen molar-refractivity contribution in [1.82, 2.24) is 5.16 Å². The summed E-state index contributed by atoms with van der Waals surface area (Å²) in [7, 11) is 0. The fraction of sp³-hybridized carbons (Fsp3) is 0.227. The van der Waals surface area contributed by atoms with Crippen LogP contribution in [0.5, 0.6) is 0 Å². The maximum absolute atomic E-state index is 13.1. The molecule has 29 heavy (non-hydrogen) atoms. The number of benzene rings is 2. The topological polar surface area (TPSA) is 72.6 Å². The third kappa shape index (κ3) is 3.76. The quantitative estimate of drug-likeness (QED) is 0.604. The first kappa shape index (κ1) is 18.9. The molecule has 6 nitrogen and oxygen atoms in total. The van der Waals surface area contributed by atoms with Gasteiger partial charge in [0.25, 0.3) is 0 Å². The van der Waals surface area contributed by atoms with E-state index in [9.17, 15) is 14.0 Å². The lowest BCUT2D eigenvalue weighted by atomic mass is 10.1. The van der Waals surface area contributed by atoms with Gasteiger partial charge in [0, 0.05) is 24.1 Å². The lowest BCUT2D eigenvalue weighted by Gasteiger charge is -2.18. The van der Waals surface area contributed by atoms with Crippen LogP contribution >= 0.6 is 0 Å². The van der Waals surface area contributed by atoms with E-state index in [-0.39, 0.29) is 18.3 Å². The Kier molecular flexibility index (Phi) is 5.12. The van der Waals surface area contributed by atoms with Crippen LogP contribution in [0.2, 0.25) is 0 Å². The summed E-state index contributed by atoms with van der Waals surface area (Å²) in [6.45, 7) is 2.32. The van der Waals surface area contributed by atoms with E-state index in [4.69, 9.17) is 9.26 Å². The molecular weight excluding hydrogens is 375 g/mol. The molecule has 7 heteroatoms. The van der Waals surface area contributed by atoms with Gasteiger partial charge < -0.3 is 14.2 Å². The van der Waals surface area contributed by atoms with Crippen molar-refractivity contribution in [2.45, 2.75) is 26.4 Å². The summed E-state index contributed by atoms with van der Waals surface area (Å²) in [6.07, 6.45) is 1.25. The second kappa shape index (κ2) is 7.87. The lowest BCUT2D eigenvalue weighted by Crippen LogP contribution is -2.26. The molecule has 1 saturated heterocycles. The van der Waals surface area contributed by atoms with Crippen molar-refractivity contribution in [3.05, 3.63) is 71.2 Å². The molecular formula is C22H19FN2O4. The summed E-state index contributed by atoms with van der Waals surface area (Å²) < 4.78 is 23.9. The molecule has 0 radical (unpaired) electrons. The minimum absolute atomic E-state index is 0.00142. The summed E-state index contributed by atoms with van der Waals surface area (Å²) in [5.74, 6) is -0.373. The van der Waals surface area contributed by atoms with Gasteiger partial charge in [-0.15, -0.1) is 0 Å². The highest BCUT2D eigenvalue weighted by Crippen LogP contribution is 2.28. The first-order chi connectivity index (χ1) is 14.0. The van der Waals surface area contributed by atoms with Crippen LogP contribution in [-0.2, 0) is 16.1 Å². The zero-order valence-electron chi connectivity index (χ0n) is 15.9. The van der Waals surface area contributed by atoms with Gasteiger partial charge in [0.15, 0.2) is 5.76 Å². The average molecular weight is 394 g/mol. The molecule has 2 aromatic carbocycles. The Morgan fingerprint density at radius 2 is 1.97 bits per heavy atom. The number of hydrogen-bond donors (Lipinski definition) is 0. The van der Waals surface area contributed by atoms with Gasteiger partial charge in [-0.3, -0.25) is 4.79 Å². The summed E-state index contributed by atoms with van der Waals surface area (Å²) >= 11 is 0. The van der Waals surface area contributed by atoms with Gasteiger partial charge in [0.05, 0.1) is 11.3 Å². The van der Waals surface area contributed by atoms with E-state index in [2.05, 4.69) is 5.16 Å². The van der Waals surface area contributed by atoms with Crippen molar-refractivity contribution in [2.75, 3.05) is 11.4 Å². The first-order valence-corrected chi connectivity index (χ1v) is 9.32. The van der Waals surface area contributed by atoms with Crippen molar-refractivity contribution in [3.63, 3.8) is 0 Å². The minimum atomic E-state index is -0.536. The van der Waals surface area contributed by atoms with Gasteiger partial charge in [-0.2, -0.15) is 0 Å². The van der Waals surface area contributed by atoms with E-state index in [0.717, 1.165) is 6.42 Å². The van der Waals surface area contributed by atoms with E-state index in [0.29, 0.717) is 46.8 Å². The van der Waals surface area contributed by atoms with Gasteiger partial charge in [-0.1, -0.05) is 17.3 Å². The van der Waals surface area contributed by atoms with Crippen molar-refractivity contribution < 1.29 is 23.2 Å². The number of carbonyl (C=O) groups excluding carboxylic acids is 2. The van der Waals surface area contributed by atoms with E-state index in [1.165, 1.54) is 12.1 Å². The molecule has 0 spiro atoms. The van der Waals surface area contributed by atoms with Crippen LogP contribution in [0.25, 0.3) is 11.3 Å². The number of aromatic nitrogens is 1. The molecule has 0 atom stereocenters. The number of ether oxygens (including phenoxy) is 1. The summed E-state index contributed by atoms with van der Waals surface area (Å²) in [5, 5.41) is 3.98. The van der Waals surface area contributed by atoms with Gasteiger partial charge in [0.2, 0.25) is 5.91 Å². The van der Waals surface area contributed by atoms with Crippen LogP contribution in [0.1, 0.15) is 34.5 Å². The second-order valence-corrected chi connectivity index (χ2v) is 6.83. The fourth-order valence-electron chi connectivity index (χ4n) is 3.37. The maximum atomic E-state index is 13.1. The van der Waals surface area contributed by atoms with Crippen LogP contribution < -0.4 is 4.90 Å². The Morgan fingerprint density at radius 3 is 2.69 bits per heavy atom. The average Bonchev–Trinajstić information content (AvgIpc) is 3.32. The molecule has 0 N–H and O–H groups in total. The second-order valence-electron chi connectivity index (χ2n) is 6.83. The van der Waals surface area contributed by atoms with Crippen LogP contribution in [0.4, 0.5) is 10.1 Å². The molecule has 1 aliphatic rings. The van der Waals surface area contributed by atoms with E-state index >= 15 is 0 Å². The molecule has 2 heterocycles. The number of nitrogens with zero attached hydrogens (tertiary/aromatic N) is 2. The van der Waals surface area contributed by atoms with E-state index < -0.39 is 5.97 Å². The van der Waals surface area contributed by atoms with Gasteiger partial charge in [0.1, 0.15) is 18.1 Å². The smallest absolute Gasteiger partial charge is 0.340 e. The Morgan fingerprint density at radius 1 is 1.21 bits per heavy atom. The SMILES string of the molecule is Cc1c(COC(=O)c2ccccc2N2CCCC2=O)noc1-c1ccc(F)cc1.